The number of benzene rings is 2. The summed E-state index contributed by atoms with van der Waals surface area (Å²) in [7, 11) is 0. The molecule has 0 aliphatic heterocycles. The molecule has 0 amide bonds. The Balaban J connectivity index is 1.53. The lowest BCUT2D eigenvalue weighted by atomic mass is 9.80. The highest BCUT2D eigenvalue weighted by Crippen LogP contribution is 2.33. The quantitative estimate of drug-likeness (QED) is 0.459. The number of nitrogens with zero attached hydrogens (tertiary/aromatic N) is 1. The van der Waals surface area contributed by atoms with Crippen molar-refractivity contribution >= 4 is 5.97 Å². The molecule has 0 saturated heterocycles. The molecule has 1 aliphatic carbocycles. The van der Waals surface area contributed by atoms with E-state index in [0.717, 1.165) is 42.7 Å². The fraction of sp³-hybridized carbons (Fsp3) is 0.417. The third-order valence-corrected chi connectivity index (χ3v) is 5.57. The van der Waals surface area contributed by atoms with Crippen LogP contribution in [-0.2, 0) is 4.79 Å². The normalized spacial score (nSPS) is 19.3. The number of rotatable bonds is 6. The van der Waals surface area contributed by atoms with E-state index in [2.05, 4.69) is 13.0 Å². The SMILES string of the molecule is CCCCC1CCC(C(=O)Oc2ccc(-c3ccc(C#N)cc3)cc2)CC1. The maximum Gasteiger partial charge on any atom is 0.314 e. The maximum absolute atomic E-state index is 12.5. The molecule has 0 unspecified atom stereocenters. The van der Waals surface area contributed by atoms with Gasteiger partial charge in [0.25, 0.3) is 0 Å². The summed E-state index contributed by atoms with van der Waals surface area (Å²) in [5, 5.41) is 8.88. The summed E-state index contributed by atoms with van der Waals surface area (Å²) in [5.41, 5.74) is 2.72. The summed E-state index contributed by atoms with van der Waals surface area (Å²) >= 11 is 0. The average molecular weight is 361 g/mol. The molecule has 3 heteroatoms. The molecule has 0 spiro atoms. The zero-order valence-electron chi connectivity index (χ0n) is 16.0. The second-order valence-corrected chi connectivity index (χ2v) is 7.49. The van der Waals surface area contributed by atoms with Gasteiger partial charge >= 0.3 is 5.97 Å². The predicted molar refractivity (Wildman–Crippen MR) is 107 cm³/mol. The van der Waals surface area contributed by atoms with Gasteiger partial charge in [-0.05, 0) is 67.0 Å². The lowest BCUT2D eigenvalue weighted by Gasteiger charge is -2.27. The van der Waals surface area contributed by atoms with Crippen LogP contribution in [0, 0.1) is 23.2 Å². The molecule has 0 heterocycles. The third kappa shape index (κ3) is 5.20. The van der Waals surface area contributed by atoms with Gasteiger partial charge in [0, 0.05) is 0 Å². The number of carbonyl (C=O) groups excluding carboxylic acids is 1. The number of hydrogen-bond acceptors (Lipinski definition) is 3. The van der Waals surface area contributed by atoms with Crippen molar-refractivity contribution in [1.82, 2.24) is 0 Å². The zero-order chi connectivity index (χ0) is 19.1. The summed E-state index contributed by atoms with van der Waals surface area (Å²) in [4.78, 5) is 12.5. The van der Waals surface area contributed by atoms with Gasteiger partial charge in [-0.15, -0.1) is 0 Å². The van der Waals surface area contributed by atoms with Crippen molar-refractivity contribution in [3.63, 3.8) is 0 Å². The number of unbranched alkanes of at least 4 members (excludes halogenated alkanes) is 1. The number of ether oxygens (including phenoxy) is 1. The van der Waals surface area contributed by atoms with Crippen LogP contribution in [0.4, 0.5) is 0 Å². The van der Waals surface area contributed by atoms with Crippen LogP contribution in [-0.4, -0.2) is 5.97 Å². The molecule has 3 nitrogen and oxygen atoms in total. The summed E-state index contributed by atoms with van der Waals surface area (Å²) < 4.78 is 5.62. The highest BCUT2D eigenvalue weighted by Gasteiger charge is 2.27. The van der Waals surface area contributed by atoms with Crippen LogP contribution >= 0.6 is 0 Å². The number of carbonyl (C=O) groups is 1. The molecule has 1 aliphatic rings. The van der Waals surface area contributed by atoms with Crippen LogP contribution in [0.3, 0.4) is 0 Å². The second-order valence-electron chi connectivity index (χ2n) is 7.49. The van der Waals surface area contributed by atoms with Crippen LogP contribution in [0.25, 0.3) is 11.1 Å². The first kappa shape index (κ1) is 19.2. The Morgan fingerprint density at radius 2 is 1.59 bits per heavy atom. The zero-order valence-corrected chi connectivity index (χ0v) is 16.0. The van der Waals surface area contributed by atoms with Crippen LogP contribution < -0.4 is 4.74 Å². The van der Waals surface area contributed by atoms with Crippen LogP contribution in [0.1, 0.15) is 57.4 Å². The summed E-state index contributed by atoms with van der Waals surface area (Å²) in [6, 6.07) is 17.2. The molecule has 3 rings (SSSR count). The second kappa shape index (κ2) is 9.37. The van der Waals surface area contributed by atoms with Crippen molar-refractivity contribution in [1.29, 1.82) is 5.26 Å². The average Bonchev–Trinajstić information content (AvgIpc) is 2.73. The van der Waals surface area contributed by atoms with Crippen molar-refractivity contribution in [2.45, 2.75) is 51.9 Å². The van der Waals surface area contributed by atoms with Crippen molar-refractivity contribution in [3.05, 3.63) is 54.1 Å². The van der Waals surface area contributed by atoms with Crippen molar-refractivity contribution in [2.75, 3.05) is 0 Å². The van der Waals surface area contributed by atoms with Crippen molar-refractivity contribution < 1.29 is 9.53 Å². The smallest absolute Gasteiger partial charge is 0.314 e. The van der Waals surface area contributed by atoms with Gasteiger partial charge in [0.15, 0.2) is 0 Å². The molecule has 2 aromatic carbocycles. The molecule has 1 saturated carbocycles. The van der Waals surface area contributed by atoms with E-state index in [9.17, 15) is 4.79 Å². The van der Waals surface area contributed by atoms with Crippen molar-refractivity contribution in [2.24, 2.45) is 11.8 Å². The summed E-state index contributed by atoms with van der Waals surface area (Å²) in [6.45, 7) is 2.23. The summed E-state index contributed by atoms with van der Waals surface area (Å²) in [5.74, 6) is 1.35. The standard InChI is InChI=1S/C24H27NO2/c1-2-3-4-18-5-11-22(12-6-18)24(26)27-23-15-13-21(14-16-23)20-9-7-19(17-25)8-10-20/h7-10,13-16,18,22H,2-6,11-12H2,1H3. The minimum absolute atomic E-state index is 0.0427. The number of esters is 1. The molecule has 1 fully saturated rings. The molecule has 140 valence electrons. The Hall–Kier alpha value is -2.60. The molecule has 0 N–H and O–H groups in total. The molecule has 0 radical (unpaired) electrons. The Kier molecular flexibility index (Phi) is 6.65. The molecule has 0 bridgehead atoms. The van der Waals surface area contributed by atoms with E-state index in [1.54, 1.807) is 12.1 Å². The Bertz CT molecular complexity index is 779. The highest BCUT2D eigenvalue weighted by molar-refractivity contribution is 5.75. The highest BCUT2D eigenvalue weighted by atomic mass is 16.5. The van der Waals surface area contributed by atoms with E-state index < -0.39 is 0 Å². The minimum Gasteiger partial charge on any atom is -0.426 e. The van der Waals surface area contributed by atoms with Gasteiger partial charge in [0.1, 0.15) is 5.75 Å². The molecule has 0 aromatic heterocycles. The first-order chi connectivity index (χ1) is 13.2. The van der Waals surface area contributed by atoms with Gasteiger partial charge in [-0.3, -0.25) is 4.79 Å². The molecule has 27 heavy (non-hydrogen) atoms. The van der Waals surface area contributed by atoms with E-state index in [-0.39, 0.29) is 11.9 Å². The van der Waals surface area contributed by atoms with Crippen molar-refractivity contribution in [3.8, 4) is 22.9 Å². The van der Waals surface area contributed by atoms with Gasteiger partial charge in [0.05, 0.1) is 17.6 Å². The molecule has 0 atom stereocenters. The lowest BCUT2D eigenvalue weighted by molar-refractivity contribution is -0.140. The van der Waals surface area contributed by atoms with Crippen LogP contribution in [0.15, 0.2) is 48.5 Å². The topological polar surface area (TPSA) is 50.1 Å². The Labute approximate surface area is 162 Å². The van der Waals surface area contributed by atoms with E-state index in [1.165, 1.54) is 19.3 Å². The van der Waals surface area contributed by atoms with Gasteiger partial charge in [-0.25, -0.2) is 0 Å². The minimum atomic E-state index is -0.0879. The monoisotopic (exact) mass is 361 g/mol. The predicted octanol–water partition coefficient (Wildman–Crippen LogP) is 6.13. The van der Waals surface area contributed by atoms with Crippen LogP contribution in [0.5, 0.6) is 5.75 Å². The van der Waals surface area contributed by atoms with Crippen LogP contribution in [0.2, 0.25) is 0 Å². The van der Waals surface area contributed by atoms with E-state index in [4.69, 9.17) is 10.00 Å². The van der Waals surface area contributed by atoms with E-state index in [1.807, 2.05) is 36.4 Å². The van der Waals surface area contributed by atoms with Gasteiger partial charge in [0.2, 0.25) is 0 Å². The first-order valence-corrected chi connectivity index (χ1v) is 10.0. The van der Waals surface area contributed by atoms with Gasteiger partial charge < -0.3 is 4.74 Å². The fourth-order valence-corrected chi connectivity index (χ4v) is 3.83. The largest absolute Gasteiger partial charge is 0.426 e. The fourth-order valence-electron chi connectivity index (χ4n) is 3.83. The third-order valence-electron chi connectivity index (χ3n) is 5.57. The molecular weight excluding hydrogens is 334 g/mol. The summed E-state index contributed by atoms with van der Waals surface area (Å²) in [6.07, 6.45) is 8.06. The first-order valence-electron chi connectivity index (χ1n) is 10.0. The van der Waals surface area contributed by atoms with E-state index >= 15 is 0 Å². The lowest BCUT2D eigenvalue weighted by Crippen LogP contribution is -2.25. The molecular formula is C24H27NO2. The van der Waals surface area contributed by atoms with Gasteiger partial charge in [-0.2, -0.15) is 5.26 Å². The molecule has 2 aromatic rings. The Morgan fingerprint density at radius 3 is 2.15 bits per heavy atom. The van der Waals surface area contributed by atoms with E-state index in [0.29, 0.717) is 11.3 Å². The Morgan fingerprint density at radius 1 is 1.00 bits per heavy atom. The number of hydrogen-bond donors (Lipinski definition) is 0. The van der Waals surface area contributed by atoms with Gasteiger partial charge in [-0.1, -0.05) is 50.5 Å². The maximum atomic E-state index is 12.5. The number of nitriles is 1.